The van der Waals surface area contributed by atoms with E-state index in [1.54, 1.807) is 0 Å². The van der Waals surface area contributed by atoms with Gasteiger partial charge in [-0.3, -0.25) is 0 Å². The summed E-state index contributed by atoms with van der Waals surface area (Å²) in [5.74, 6) is -0.00475. The third-order valence-corrected chi connectivity index (χ3v) is 3.42. The second-order valence-electron chi connectivity index (χ2n) is 2.92. The Balaban J connectivity index is 2.20. The molecule has 15 heavy (non-hydrogen) atoms. The second-order valence-corrected chi connectivity index (χ2v) is 4.83. The van der Waals surface area contributed by atoms with Crippen LogP contribution in [-0.2, 0) is 4.79 Å². The standard InChI is InChI=1S/C9H8BrN3OSe/c10-5-4-8(14)11-6-2-1-3-7-9(6)13-15-12-7/h1-3H,4-5H2,(H,11,14). The van der Waals surface area contributed by atoms with E-state index in [1.165, 1.54) is 0 Å². The molecule has 0 fully saturated rings. The van der Waals surface area contributed by atoms with E-state index in [0.29, 0.717) is 11.8 Å². The fourth-order valence-electron chi connectivity index (χ4n) is 1.21. The minimum absolute atomic E-state index is 0.00475. The SMILES string of the molecule is O=C(CCBr)Nc1cccc2c1N=[Se]=N2. The number of carbonyl (C=O) groups excluding carboxylic acids is 1. The number of amides is 1. The van der Waals surface area contributed by atoms with E-state index in [1.807, 2.05) is 18.2 Å². The topological polar surface area (TPSA) is 53.8 Å². The summed E-state index contributed by atoms with van der Waals surface area (Å²) in [6.45, 7) is 0. The number of anilines is 1. The zero-order chi connectivity index (χ0) is 10.7. The molecule has 0 unspecified atom stereocenters. The molecule has 1 aromatic carbocycles. The molecule has 0 saturated carbocycles. The quantitative estimate of drug-likeness (QED) is 0.682. The number of carbonyl (C=O) groups is 1. The molecule has 0 saturated heterocycles. The summed E-state index contributed by atoms with van der Waals surface area (Å²) in [6.07, 6.45) is 0.464. The van der Waals surface area contributed by atoms with Gasteiger partial charge in [-0.1, -0.05) is 0 Å². The molecule has 1 aromatic rings. The molecule has 1 aliphatic heterocycles. The van der Waals surface area contributed by atoms with Gasteiger partial charge in [0.2, 0.25) is 0 Å². The van der Waals surface area contributed by atoms with Crippen LogP contribution in [-0.4, -0.2) is 25.8 Å². The third kappa shape index (κ3) is 2.45. The van der Waals surface area contributed by atoms with Gasteiger partial charge in [-0.2, -0.15) is 0 Å². The van der Waals surface area contributed by atoms with Gasteiger partial charge >= 0.3 is 101 Å². The van der Waals surface area contributed by atoms with Crippen molar-refractivity contribution in [2.75, 3.05) is 10.6 Å². The van der Waals surface area contributed by atoms with Gasteiger partial charge in [0.1, 0.15) is 0 Å². The average molecular weight is 333 g/mol. The molecule has 0 bridgehead atoms. The van der Waals surface area contributed by atoms with Crippen LogP contribution in [0.5, 0.6) is 0 Å². The summed E-state index contributed by atoms with van der Waals surface area (Å²) in [5.41, 5.74) is 2.47. The Kier molecular flexibility index (Phi) is 3.51. The molecule has 1 amide bonds. The van der Waals surface area contributed by atoms with Crippen LogP contribution in [0.3, 0.4) is 0 Å². The molecule has 78 valence electrons. The van der Waals surface area contributed by atoms with E-state index in [2.05, 4.69) is 29.2 Å². The Bertz CT molecular complexity index is 468. The van der Waals surface area contributed by atoms with E-state index in [4.69, 9.17) is 0 Å². The van der Waals surface area contributed by atoms with Crippen molar-refractivity contribution in [3.05, 3.63) is 18.2 Å². The predicted molar refractivity (Wildman–Crippen MR) is 63.4 cm³/mol. The van der Waals surface area contributed by atoms with E-state index >= 15 is 0 Å². The van der Waals surface area contributed by atoms with Crippen LogP contribution in [0.15, 0.2) is 26.1 Å². The van der Waals surface area contributed by atoms with Crippen LogP contribution < -0.4 is 5.32 Å². The molecule has 0 aromatic heterocycles. The Morgan fingerprint density at radius 3 is 3.13 bits per heavy atom. The van der Waals surface area contributed by atoms with Crippen molar-refractivity contribution in [2.24, 2.45) is 7.92 Å². The van der Waals surface area contributed by atoms with Gasteiger partial charge in [0, 0.05) is 0 Å². The zero-order valence-corrected chi connectivity index (χ0v) is 11.0. The number of benzene rings is 1. The summed E-state index contributed by atoms with van der Waals surface area (Å²) in [7, 11) is 0. The predicted octanol–water partition coefficient (Wildman–Crippen LogP) is 2.76. The Morgan fingerprint density at radius 1 is 1.47 bits per heavy atom. The van der Waals surface area contributed by atoms with Crippen molar-refractivity contribution < 1.29 is 4.79 Å². The zero-order valence-electron chi connectivity index (χ0n) is 7.74. The van der Waals surface area contributed by atoms with Gasteiger partial charge in [-0.25, -0.2) is 0 Å². The van der Waals surface area contributed by atoms with Crippen molar-refractivity contribution in [2.45, 2.75) is 6.42 Å². The monoisotopic (exact) mass is 333 g/mol. The van der Waals surface area contributed by atoms with Crippen molar-refractivity contribution in [1.29, 1.82) is 0 Å². The Labute approximate surface area is 101 Å². The van der Waals surface area contributed by atoms with Crippen LogP contribution in [0, 0.1) is 0 Å². The summed E-state index contributed by atoms with van der Waals surface area (Å²) >= 11 is 3.17. The van der Waals surface area contributed by atoms with Crippen molar-refractivity contribution in [1.82, 2.24) is 0 Å². The van der Waals surface area contributed by atoms with Gasteiger partial charge in [-0.05, 0) is 0 Å². The molecular formula is C9H8BrN3OSe. The van der Waals surface area contributed by atoms with Gasteiger partial charge in [-0.15, -0.1) is 0 Å². The molecule has 1 aliphatic rings. The first-order valence-corrected chi connectivity index (χ1v) is 7.04. The summed E-state index contributed by atoms with van der Waals surface area (Å²) < 4.78 is 8.53. The average Bonchev–Trinajstić information content (AvgIpc) is 2.67. The van der Waals surface area contributed by atoms with Crippen LogP contribution in [0.25, 0.3) is 0 Å². The number of fused-ring (bicyclic) bond motifs is 1. The normalized spacial score (nSPS) is 12.1. The number of hydrogen-bond acceptors (Lipinski definition) is 3. The van der Waals surface area contributed by atoms with Gasteiger partial charge < -0.3 is 0 Å². The molecule has 0 atom stereocenters. The molecule has 0 aliphatic carbocycles. The summed E-state index contributed by atoms with van der Waals surface area (Å²) in [4.78, 5) is 11.4. The van der Waals surface area contributed by atoms with Crippen molar-refractivity contribution in [3.8, 4) is 0 Å². The minimum atomic E-state index is -0.0570. The number of nitrogens with one attached hydrogen (secondary N) is 1. The number of hydrogen-bond donors (Lipinski definition) is 1. The molecule has 0 spiro atoms. The molecule has 1 N–H and O–H groups in total. The fourth-order valence-corrected chi connectivity index (χ4v) is 2.72. The number of halogens is 1. The first-order valence-electron chi connectivity index (χ1n) is 4.38. The Hall–Kier alpha value is -0.711. The van der Waals surface area contributed by atoms with E-state index in [-0.39, 0.29) is 20.5 Å². The van der Waals surface area contributed by atoms with Crippen molar-refractivity contribution in [3.63, 3.8) is 0 Å². The molecule has 4 nitrogen and oxygen atoms in total. The molecule has 6 heteroatoms. The fraction of sp³-hybridized carbons (Fsp3) is 0.222. The number of rotatable bonds is 3. The molecule has 1 heterocycles. The van der Waals surface area contributed by atoms with Crippen molar-refractivity contribution >= 4 is 53.5 Å². The number of alkyl halides is 1. The van der Waals surface area contributed by atoms with E-state index in [0.717, 1.165) is 17.1 Å². The molecule has 2 rings (SSSR count). The first kappa shape index (κ1) is 10.8. The third-order valence-electron chi connectivity index (χ3n) is 1.88. The van der Waals surface area contributed by atoms with E-state index < -0.39 is 0 Å². The van der Waals surface area contributed by atoms with Crippen LogP contribution in [0.2, 0.25) is 0 Å². The summed E-state index contributed by atoms with van der Waals surface area (Å²) in [6, 6.07) is 5.64. The second kappa shape index (κ2) is 4.88. The van der Waals surface area contributed by atoms with Crippen LogP contribution in [0.4, 0.5) is 17.1 Å². The molecular weight excluding hydrogens is 325 g/mol. The van der Waals surface area contributed by atoms with Gasteiger partial charge in [0.05, 0.1) is 0 Å². The molecule has 0 radical (unpaired) electrons. The maximum atomic E-state index is 11.4. The van der Waals surface area contributed by atoms with E-state index in [9.17, 15) is 4.79 Å². The van der Waals surface area contributed by atoms with Crippen LogP contribution >= 0.6 is 15.9 Å². The first-order chi connectivity index (χ1) is 7.31. The van der Waals surface area contributed by atoms with Gasteiger partial charge in [0.15, 0.2) is 0 Å². The van der Waals surface area contributed by atoms with Crippen LogP contribution in [0.1, 0.15) is 6.42 Å². The van der Waals surface area contributed by atoms with Gasteiger partial charge in [0.25, 0.3) is 0 Å². The maximum absolute atomic E-state index is 11.4. The number of nitrogens with zero attached hydrogens (tertiary/aromatic N) is 2. The summed E-state index contributed by atoms with van der Waals surface area (Å²) in [5, 5.41) is 3.50. The Morgan fingerprint density at radius 2 is 2.33 bits per heavy atom.